The first kappa shape index (κ1) is 12.9. The van der Waals surface area contributed by atoms with Gasteiger partial charge in [0.25, 0.3) is 0 Å². The van der Waals surface area contributed by atoms with Gasteiger partial charge in [-0.15, -0.1) is 0 Å². The van der Waals surface area contributed by atoms with Crippen molar-refractivity contribution in [3.8, 4) is 0 Å². The van der Waals surface area contributed by atoms with E-state index in [-0.39, 0.29) is 18.5 Å². The summed E-state index contributed by atoms with van der Waals surface area (Å²) in [7, 11) is 0. The molecule has 4 aliphatic rings. The molecule has 0 aromatic carbocycles. The second kappa shape index (κ2) is 4.77. The third-order valence-corrected chi connectivity index (χ3v) is 5.35. The molecule has 1 saturated heterocycles. The zero-order chi connectivity index (χ0) is 12.8. The van der Waals surface area contributed by atoms with Crippen LogP contribution in [0.4, 0.5) is 0 Å². The van der Waals surface area contributed by atoms with Crippen molar-refractivity contribution >= 4 is 0 Å². The molecule has 3 heteroatoms. The van der Waals surface area contributed by atoms with Gasteiger partial charge in [0.15, 0.2) is 6.29 Å². The maximum absolute atomic E-state index is 10.2. The minimum Gasteiger partial charge on any atom is -0.393 e. The van der Waals surface area contributed by atoms with Crippen molar-refractivity contribution in [2.75, 3.05) is 6.61 Å². The van der Waals surface area contributed by atoms with Crippen LogP contribution in [0.1, 0.15) is 52.4 Å². The summed E-state index contributed by atoms with van der Waals surface area (Å²) in [6.45, 7) is 5.51. The van der Waals surface area contributed by atoms with E-state index in [9.17, 15) is 5.11 Å². The van der Waals surface area contributed by atoms with Crippen molar-refractivity contribution in [1.29, 1.82) is 0 Å². The lowest BCUT2D eigenvalue weighted by Gasteiger charge is -2.54. The normalized spacial score (nSPS) is 47.2. The Kier molecular flexibility index (Phi) is 3.41. The third kappa shape index (κ3) is 2.33. The van der Waals surface area contributed by atoms with Crippen LogP contribution in [0.15, 0.2) is 0 Å². The number of fused-ring (bicyclic) bond motifs is 3. The van der Waals surface area contributed by atoms with Crippen molar-refractivity contribution in [1.82, 2.24) is 0 Å². The molecule has 104 valence electrons. The van der Waals surface area contributed by atoms with Crippen LogP contribution < -0.4 is 0 Å². The van der Waals surface area contributed by atoms with E-state index < -0.39 is 0 Å². The summed E-state index contributed by atoms with van der Waals surface area (Å²) in [4.78, 5) is 0. The van der Waals surface area contributed by atoms with Gasteiger partial charge in [-0.3, -0.25) is 0 Å². The van der Waals surface area contributed by atoms with Crippen LogP contribution in [0, 0.1) is 17.3 Å². The Morgan fingerprint density at radius 2 is 2.06 bits per heavy atom. The van der Waals surface area contributed by atoms with Crippen LogP contribution in [0.5, 0.6) is 0 Å². The van der Waals surface area contributed by atoms with E-state index in [2.05, 4.69) is 13.8 Å². The van der Waals surface area contributed by atoms with Gasteiger partial charge in [-0.2, -0.15) is 0 Å². The molecule has 4 fully saturated rings. The van der Waals surface area contributed by atoms with E-state index in [4.69, 9.17) is 9.47 Å². The molecule has 1 heterocycles. The van der Waals surface area contributed by atoms with Gasteiger partial charge in [0.2, 0.25) is 0 Å². The summed E-state index contributed by atoms with van der Waals surface area (Å²) in [6.07, 6.45) is 6.59. The van der Waals surface area contributed by atoms with Crippen LogP contribution in [0.3, 0.4) is 0 Å². The molecule has 18 heavy (non-hydrogen) atoms. The second-order valence-electron chi connectivity index (χ2n) is 7.06. The molecule has 1 aliphatic heterocycles. The lowest BCUT2D eigenvalue weighted by atomic mass is 9.55. The van der Waals surface area contributed by atoms with Crippen LogP contribution in [0.2, 0.25) is 0 Å². The Balaban J connectivity index is 1.64. The van der Waals surface area contributed by atoms with Gasteiger partial charge in [-0.25, -0.2) is 0 Å². The number of hydrogen-bond acceptors (Lipinski definition) is 3. The number of rotatable bonds is 2. The summed E-state index contributed by atoms with van der Waals surface area (Å²) in [5, 5.41) is 10.2. The van der Waals surface area contributed by atoms with Crippen LogP contribution in [-0.2, 0) is 9.47 Å². The smallest absolute Gasteiger partial charge is 0.157 e. The highest BCUT2D eigenvalue weighted by molar-refractivity contribution is 5.00. The van der Waals surface area contributed by atoms with Gasteiger partial charge in [-0.1, -0.05) is 13.8 Å². The van der Waals surface area contributed by atoms with Crippen molar-refractivity contribution in [2.45, 2.75) is 70.9 Å². The first-order valence-electron chi connectivity index (χ1n) is 7.51. The minimum absolute atomic E-state index is 0.0154. The quantitative estimate of drug-likeness (QED) is 0.823. The van der Waals surface area contributed by atoms with Crippen molar-refractivity contribution in [3.63, 3.8) is 0 Å². The van der Waals surface area contributed by atoms with E-state index in [0.29, 0.717) is 17.3 Å². The average Bonchev–Trinajstić information content (AvgIpc) is 2.33. The van der Waals surface area contributed by atoms with Gasteiger partial charge in [0, 0.05) is 12.5 Å². The molecule has 0 aromatic heterocycles. The lowest BCUT2D eigenvalue weighted by Crippen LogP contribution is -2.54. The summed E-state index contributed by atoms with van der Waals surface area (Å²) in [5.41, 5.74) is 0.372. The zero-order valence-electron chi connectivity index (χ0n) is 11.6. The average molecular weight is 254 g/mol. The van der Waals surface area contributed by atoms with Gasteiger partial charge in [-0.05, 0) is 49.9 Å². The maximum Gasteiger partial charge on any atom is 0.157 e. The zero-order valence-corrected chi connectivity index (χ0v) is 11.6. The number of ether oxygens (including phenoxy) is 2. The molecular weight excluding hydrogens is 228 g/mol. The second-order valence-corrected chi connectivity index (χ2v) is 7.06. The first-order valence-corrected chi connectivity index (χ1v) is 7.51. The number of aliphatic hydroxyl groups excluding tert-OH is 1. The monoisotopic (exact) mass is 254 g/mol. The fraction of sp³-hybridized carbons (Fsp3) is 1.00. The minimum atomic E-state index is -0.162. The summed E-state index contributed by atoms with van der Waals surface area (Å²) < 4.78 is 11.8. The third-order valence-electron chi connectivity index (χ3n) is 5.35. The fourth-order valence-corrected chi connectivity index (χ4v) is 4.12. The van der Waals surface area contributed by atoms with Crippen molar-refractivity contribution < 1.29 is 14.6 Å². The Hall–Kier alpha value is -0.120. The highest BCUT2D eigenvalue weighted by Gasteiger charge is 2.51. The highest BCUT2D eigenvalue weighted by atomic mass is 16.7. The predicted octanol–water partition coefficient (Wildman–Crippen LogP) is 2.72. The molecule has 3 nitrogen and oxygen atoms in total. The molecular formula is C15H26O3. The molecule has 0 aromatic rings. The SMILES string of the molecule is CC1(C)C[C@H]2[C@H](O)C[C@H]1C[C@@H]2O[C@@H]1CCCCO1. The Bertz CT molecular complexity index is 296. The number of aliphatic hydroxyl groups is 1. The standard InChI is InChI=1S/C15H26O3/c1-15(2)9-11-12(16)7-10(15)8-13(11)18-14-5-3-4-6-17-14/h10-14,16H,3-9H2,1-2H3/t10-,11-,12+,13-,14+/m0/s1. The Morgan fingerprint density at radius 3 is 2.72 bits per heavy atom. The predicted molar refractivity (Wildman–Crippen MR) is 69.1 cm³/mol. The summed E-state index contributed by atoms with van der Waals surface area (Å²) in [6, 6.07) is 0. The molecule has 0 unspecified atom stereocenters. The van der Waals surface area contributed by atoms with E-state index in [1.807, 2.05) is 0 Å². The molecule has 0 spiro atoms. The Morgan fingerprint density at radius 1 is 1.22 bits per heavy atom. The molecule has 2 bridgehead atoms. The Labute approximate surface area is 110 Å². The van der Waals surface area contributed by atoms with E-state index in [1.54, 1.807) is 0 Å². The largest absolute Gasteiger partial charge is 0.393 e. The highest BCUT2D eigenvalue weighted by Crippen LogP contribution is 2.53. The molecule has 4 rings (SSSR count). The topological polar surface area (TPSA) is 38.7 Å². The number of hydrogen-bond donors (Lipinski definition) is 1. The van der Waals surface area contributed by atoms with Gasteiger partial charge < -0.3 is 14.6 Å². The lowest BCUT2D eigenvalue weighted by molar-refractivity contribution is -0.239. The molecule has 3 aliphatic carbocycles. The van der Waals surface area contributed by atoms with E-state index in [0.717, 1.165) is 38.7 Å². The van der Waals surface area contributed by atoms with Gasteiger partial charge >= 0.3 is 0 Å². The van der Waals surface area contributed by atoms with Gasteiger partial charge in [0.1, 0.15) is 0 Å². The molecule has 0 amide bonds. The van der Waals surface area contributed by atoms with E-state index >= 15 is 0 Å². The van der Waals surface area contributed by atoms with Gasteiger partial charge in [0.05, 0.1) is 12.2 Å². The maximum atomic E-state index is 10.2. The van der Waals surface area contributed by atoms with Crippen molar-refractivity contribution in [2.24, 2.45) is 17.3 Å². The molecule has 3 saturated carbocycles. The fourth-order valence-electron chi connectivity index (χ4n) is 4.12. The summed E-state index contributed by atoms with van der Waals surface area (Å²) in [5.74, 6) is 0.918. The van der Waals surface area contributed by atoms with Crippen molar-refractivity contribution in [3.05, 3.63) is 0 Å². The molecule has 1 N–H and O–H groups in total. The van der Waals surface area contributed by atoms with Crippen LogP contribution in [-0.4, -0.2) is 30.2 Å². The molecule has 0 radical (unpaired) electrons. The van der Waals surface area contributed by atoms with E-state index in [1.165, 1.54) is 6.42 Å². The van der Waals surface area contributed by atoms with Crippen LogP contribution in [0.25, 0.3) is 0 Å². The first-order chi connectivity index (χ1) is 8.56. The molecule has 5 atom stereocenters. The van der Waals surface area contributed by atoms with Crippen LogP contribution >= 0.6 is 0 Å². The summed E-state index contributed by atoms with van der Waals surface area (Å²) >= 11 is 0.